The lowest BCUT2D eigenvalue weighted by molar-refractivity contribution is 0.0421. The molecule has 96 valence electrons. The zero-order valence-electron chi connectivity index (χ0n) is 11.4. The zero-order valence-corrected chi connectivity index (χ0v) is 11.4. The van der Waals surface area contributed by atoms with E-state index >= 15 is 0 Å². The summed E-state index contributed by atoms with van der Waals surface area (Å²) in [5.74, 6) is 1.63. The van der Waals surface area contributed by atoms with E-state index in [1.165, 1.54) is 19.3 Å². The van der Waals surface area contributed by atoms with Gasteiger partial charge < -0.3 is 10.4 Å². The molecule has 0 aromatic heterocycles. The maximum atomic E-state index is 10.1. The van der Waals surface area contributed by atoms with Gasteiger partial charge in [-0.1, -0.05) is 27.2 Å². The predicted molar refractivity (Wildman–Crippen MR) is 69.5 cm³/mol. The number of nitrogens with one attached hydrogen (secondary N) is 1. The highest BCUT2D eigenvalue weighted by Gasteiger charge is 2.27. The quantitative estimate of drug-likeness (QED) is 0.757. The Morgan fingerprint density at radius 2 is 2.00 bits per heavy atom. The van der Waals surface area contributed by atoms with Crippen LogP contribution in [0.2, 0.25) is 0 Å². The van der Waals surface area contributed by atoms with Gasteiger partial charge in [0.25, 0.3) is 0 Å². The van der Waals surface area contributed by atoms with Crippen molar-refractivity contribution in [2.24, 2.45) is 11.8 Å². The SMILES string of the molecule is CCCC(C)(O)CNC1CCC(C)CC1C. The van der Waals surface area contributed by atoms with Crippen LogP contribution in [0.1, 0.15) is 59.8 Å². The number of hydrogen-bond acceptors (Lipinski definition) is 2. The van der Waals surface area contributed by atoms with Crippen molar-refractivity contribution < 1.29 is 5.11 Å². The molecule has 1 saturated carbocycles. The molecule has 1 rings (SSSR count). The Balaban J connectivity index is 2.32. The molecule has 1 aliphatic carbocycles. The molecule has 1 fully saturated rings. The summed E-state index contributed by atoms with van der Waals surface area (Å²) in [4.78, 5) is 0. The molecule has 0 bridgehead atoms. The van der Waals surface area contributed by atoms with Crippen molar-refractivity contribution >= 4 is 0 Å². The van der Waals surface area contributed by atoms with Crippen LogP contribution in [0.4, 0.5) is 0 Å². The maximum Gasteiger partial charge on any atom is 0.0743 e. The summed E-state index contributed by atoms with van der Waals surface area (Å²) in [5.41, 5.74) is -0.530. The van der Waals surface area contributed by atoms with Crippen LogP contribution in [0.25, 0.3) is 0 Å². The molecule has 2 N–H and O–H groups in total. The Bertz CT molecular complexity index is 203. The van der Waals surface area contributed by atoms with Gasteiger partial charge in [0.05, 0.1) is 5.60 Å². The highest BCUT2D eigenvalue weighted by molar-refractivity contribution is 4.84. The first-order valence-corrected chi connectivity index (χ1v) is 6.90. The fourth-order valence-electron chi connectivity index (χ4n) is 2.95. The topological polar surface area (TPSA) is 32.3 Å². The third-order valence-corrected chi connectivity index (χ3v) is 3.97. The summed E-state index contributed by atoms with van der Waals surface area (Å²) >= 11 is 0. The van der Waals surface area contributed by atoms with E-state index in [9.17, 15) is 5.11 Å². The summed E-state index contributed by atoms with van der Waals surface area (Å²) in [7, 11) is 0. The van der Waals surface area contributed by atoms with Gasteiger partial charge in [-0.25, -0.2) is 0 Å². The number of hydrogen-bond donors (Lipinski definition) is 2. The van der Waals surface area contributed by atoms with Crippen LogP contribution in [0, 0.1) is 11.8 Å². The first-order valence-electron chi connectivity index (χ1n) is 6.90. The molecular weight excluding hydrogens is 198 g/mol. The monoisotopic (exact) mass is 227 g/mol. The molecule has 16 heavy (non-hydrogen) atoms. The summed E-state index contributed by atoms with van der Waals surface area (Å²) in [6.07, 6.45) is 5.86. The lowest BCUT2D eigenvalue weighted by Crippen LogP contribution is -2.46. The Morgan fingerprint density at radius 3 is 2.56 bits per heavy atom. The lowest BCUT2D eigenvalue weighted by atomic mass is 9.79. The van der Waals surface area contributed by atoms with Crippen molar-refractivity contribution in [2.45, 2.75) is 71.4 Å². The molecule has 0 saturated heterocycles. The fraction of sp³-hybridized carbons (Fsp3) is 1.00. The van der Waals surface area contributed by atoms with Crippen molar-refractivity contribution in [3.8, 4) is 0 Å². The minimum absolute atomic E-state index is 0.530. The second-order valence-corrected chi connectivity index (χ2v) is 6.13. The van der Waals surface area contributed by atoms with Crippen molar-refractivity contribution in [3.05, 3.63) is 0 Å². The van der Waals surface area contributed by atoms with Crippen LogP contribution in [0.5, 0.6) is 0 Å². The Labute approximate surface area is 101 Å². The molecule has 0 heterocycles. The van der Waals surface area contributed by atoms with E-state index in [1.54, 1.807) is 0 Å². The molecule has 0 aliphatic heterocycles. The lowest BCUT2D eigenvalue weighted by Gasteiger charge is -2.35. The molecule has 2 nitrogen and oxygen atoms in total. The molecule has 0 aromatic carbocycles. The highest BCUT2D eigenvalue weighted by Crippen LogP contribution is 2.28. The van der Waals surface area contributed by atoms with E-state index in [0.29, 0.717) is 6.04 Å². The maximum absolute atomic E-state index is 10.1. The summed E-state index contributed by atoms with van der Waals surface area (Å²) in [6, 6.07) is 0.611. The Morgan fingerprint density at radius 1 is 1.31 bits per heavy atom. The molecule has 0 spiro atoms. The molecule has 1 aliphatic rings. The van der Waals surface area contributed by atoms with Crippen LogP contribution in [0.15, 0.2) is 0 Å². The summed E-state index contributed by atoms with van der Waals surface area (Å²) in [5, 5.41) is 13.7. The number of rotatable bonds is 5. The van der Waals surface area contributed by atoms with E-state index in [4.69, 9.17) is 0 Å². The number of aliphatic hydroxyl groups is 1. The molecule has 2 heteroatoms. The molecule has 4 atom stereocenters. The predicted octanol–water partition coefficient (Wildman–Crippen LogP) is 2.95. The second-order valence-electron chi connectivity index (χ2n) is 6.13. The van der Waals surface area contributed by atoms with E-state index in [0.717, 1.165) is 31.2 Å². The largest absolute Gasteiger partial charge is 0.389 e. The molecule has 0 radical (unpaired) electrons. The normalized spacial score (nSPS) is 34.7. The van der Waals surface area contributed by atoms with Gasteiger partial charge in [-0.3, -0.25) is 0 Å². The first kappa shape index (κ1) is 14.0. The molecular formula is C14H29NO. The highest BCUT2D eigenvalue weighted by atomic mass is 16.3. The van der Waals surface area contributed by atoms with Crippen molar-refractivity contribution in [3.63, 3.8) is 0 Å². The van der Waals surface area contributed by atoms with Crippen LogP contribution in [0.3, 0.4) is 0 Å². The van der Waals surface area contributed by atoms with E-state index in [-0.39, 0.29) is 0 Å². The van der Waals surface area contributed by atoms with Crippen LogP contribution < -0.4 is 5.32 Å². The summed E-state index contributed by atoms with van der Waals surface area (Å²) < 4.78 is 0. The Hall–Kier alpha value is -0.0800. The standard InChI is InChI=1S/C14H29NO/c1-5-8-14(4,16)10-15-13-7-6-11(2)9-12(13)3/h11-13,15-16H,5-10H2,1-4H3. The zero-order chi connectivity index (χ0) is 12.2. The third-order valence-electron chi connectivity index (χ3n) is 3.97. The smallest absolute Gasteiger partial charge is 0.0743 e. The average Bonchev–Trinajstić information content (AvgIpc) is 2.16. The van der Waals surface area contributed by atoms with Gasteiger partial charge in [0.15, 0.2) is 0 Å². The van der Waals surface area contributed by atoms with Gasteiger partial charge in [0.1, 0.15) is 0 Å². The van der Waals surface area contributed by atoms with Gasteiger partial charge in [-0.2, -0.15) is 0 Å². The molecule has 4 unspecified atom stereocenters. The van der Waals surface area contributed by atoms with Gasteiger partial charge in [-0.15, -0.1) is 0 Å². The molecule has 0 aromatic rings. The second kappa shape index (κ2) is 6.02. The molecule has 0 amide bonds. The fourth-order valence-corrected chi connectivity index (χ4v) is 2.95. The third kappa shape index (κ3) is 4.42. The van der Waals surface area contributed by atoms with Gasteiger partial charge in [0.2, 0.25) is 0 Å². The van der Waals surface area contributed by atoms with Crippen LogP contribution >= 0.6 is 0 Å². The first-order chi connectivity index (χ1) is 7.44. The van der Waals surface area contributed by atoms with E-state index in [1.807, 2.05) is 6.92 Å². The summed E-state index contributed by atoms with van der Waals surface area (Å²) in [6.45, 7) is 9.49. The van der Waals surface area contributed by atoms with Crippen LogP contribution in [-0.4, -0.2) is 23.3 Å². The van der Waals surface area contributed by atoms with Crippen LogP contribution in [-0.2, 0) is 0 Å². The average molecular weight is 227 g/mol. The minimum atomic E-state index is -0.530. The van der Waals surface area contributed by atoms with Crippen molar-refractivity contribution in [2.75, 3.05) is 6.54 Å². The van der Waals surface area contributed by atoms with Gasteiger partial charge >= 0.3 is 0 Å². The van der Waals surface area contributed by atoms with E-state index in [2.05, 4.69) is 26.1 Å². The van der Waals surface area contributed by atoms with Gasteiger partial charge in [-0.05, 0) is 44.4 Å². The van der Waals surface area contributed by atoms with Crippen molar-refractivity contribution in [1.29, 1.82) is 0 Å². The Kier molecular flexibility index (Phi) is 5.26. The minimum Gasteiger partial charge on any atom is -0.389 e. The van der Waals surface area contributed by atoms with E-state index < -0.39 is 5.60 Å². The van der Waals surface area contributed by atoms with Crippen molar-refractivity contribution in [1.82, 2.24) is 5.32 Å². The van der Waals surface area contributed by atoms with Gasteiger partial charge in [0, 0.05) is 12.6 Å².